The number of anilines is 1. The number of ether oxygens (including phenoxy) is 2. The molecular weight excluding hydrogens is 359 g/mol. The molecule has 0 atom stereocenters. The van der Waals surface area contributed by atoms with Gasteiger partial charge < -0.3 is 14.8 Å². The van der Waals surface area contributed by atoms with E-state index in [1.165, 1.54) is 24.3 Å². The first kappa shape index (κ1) is 19.8. The average molecular weight is 376 g/mol. The van der Waals surface area contributed by atoms with Gasteiger partial charge in [0, 0.05) is 12.1 Å². The van der Waals surface area contributed by atoms with Crippen LogP contribution in [0.15, 0.2) is 36.4 Å². The number of halogens is 1. The average Bonchev–Trinajstić information content (AvgIpc) is 2.62. The fraction of sp³-hybridized carbons (Fsp3) is 0.222. The summed E-state index contributed by atoms with van der Waals surface area (Å²) < 4.78 is 22.8. The van der Waals surface area contributed by atoms with Gasteiger partial charge in [-0.15, -0.1) is 0 Å². The molecule has 0 saturated carbocycles. The quantitative estimate of drug-likeness (QED) is 0.452. The van der Waals surface area contributed by atoms with Crippen LogP contribution in [0.2, 0.25) is 0 Å². The van der Waals surface area contributed by atoms with E-state index in [0.29, 0.717) is 5.56 Å². The van der Waals surface area contributed by atoms with Gasteiger partial charge in [0.2, 0.25) is 0 Å². The van der Waals surface area contributed by atoms with Crippen molar-refractivity contribution < 1.29 is 28.4 Å². The minimum Gasteiger partial charge on any atom is -0.482 e. The minimum absolute atomic E-state index is 0.0528. The molecule has 0 heterocycles. The number of hydrogen-bond donors (Lipinski definition) is 1. The summed E-state index contributed by atoms with van der Waals surface area (Å²) in [7, 11) is 0. The summed E-state index contributed by atoms with van der Waals surface area (Å²) in [6.45, 7) is 2.23. The van der Waals surface area contributed by atoms with Crippen LogP contribution in [0, 0.1) is 29.8 Å². The van der Waals surface area contributed by atoms with Gasteiger partial charge in [0.15, 0.2) is 13.2 Å². The van der Waals surface area contributed by atoms with E-state index in [-0.39, 0.29) is 17.1 Å². The number of hydrogen-bond acceptors (Lipinski definition) is 6. The zero-order chi connectivity index (χ0) is 20.0. The molecule has 0 fully saturated rings. The predicted molar refractivity (Wildman–Crippen MR) is 94.1 cm³/mol. The van der Waals surface area contributed by atoms with E-state index in [4.69, 9.17) is 9.47 Å². The molecule has 2 aromatic rings. The van der Waals surface area contributed by atoms with E-state index in [0.717, 1.165) is 11.6 Å². The summed E-state index contributed by atoms with van der Waals surface area (Å²) in [6.07, 6.45) is 0. The van der Waals surface area contributed by atoms with E-state index >= 15 is 0 Å². The number of aryl methyl sites for hydroxylation is 1. The van der Waals surface area contributed by atoms with Gasteiger partial charge in [-0.25, -0.2) is 9.18 Å². The van der Waals surface area contributed by atoms with Crippen molar-refractivity contribution in [3.63, 3.8) is 0 Å². The number of nitrogens with zero attached hydrogens (tertiary/aromatic N) is 1. The summed E-state index contributed by atoms with van der Waals surface area (Å²) in [4.78, 5) is 34.1. The van der Waals surface area contributed by atoms with E-state index in [2.05, 4.69) is 5.32 Å². The molecule has 2 aromatic carbocycles. The van der Waals surface area contributed by atoms with E-state index in [1.54, 1.807) is 19.9 Å². The zero-order valence-corrected chi connectivity index (χ0v) is 14.7. The monoisotopic (exact) mass is 376 g/mol. The van der Waals surface area contributed by atoms with E-state index in [1.807, 2.05) is 0 Å². The van der Waals surface area contributed by atoms with Crippen LogP contribution in [-0.2, 0) is 14.3 Å². The smallest absolute Gasteiger partial charge is 0.344 e. The first-order valence-corrected chi connectivity index (χ1v) is 7.86. The summed E-state index contributed by atoms with van der Waals surface area (Å²) in [5.74, 6) is -1.95. The Balaban J connectivity index is 1.90. The lowest BCUT2D eigenvalue weighted by molar-refractivity contribution is -0.384. The maximum atomic E-state index is 13.0. The van der Waals surface area contributed by atoms with Gasteiger partial charge in [0.25, 0.3) is 11.6 Å². The molecule has 27 heavy (non-hydrogen) atoms. The zero-order valence-electron chi connectivity index (χ0n) is 14.7. The van der Waals surface area contributed by atoms with Crippen molar-refractivity contribution in [2.24, 2.45) is 0 Å². The Morgan fingerprint density at radius 3 is 2.59 bits per heavy atom. The maximum absolute atomic E-state index is 13.0. The highest BCUT2D eigenvalue weighted by atomic mass is 19.1. The molecule has 0 radical (unpaired) electrons. The minimum atomic E-state index is -0.843. The SMILES string of the molecule is Cc1ccc([N+](=O)[O-])c(NC(=O)COC(=O)COc2cccc(F)c2)c1C. The highest BCUT2D eigenvalue weighted by molar-refractivity contribution is 5.96. The molecule has 142 valence electrons. The number of rotatable bonds is 7. The first-order chi connectivity index (χ1) is 12.8. The van der Waals surface area contributed by atoms with Gasteiger partial charge in [-0.1, -0.05) is 12.1 Å². The third-order valence-electron chi connectivity index (χ3n) is 3.69. The van der Waals surface area contributed by atoms with Crippen LogP contribution in [0.25, 0.3) is 0 Å². The summed E-state index contributed by atoms with van der Waals surface area (Å²) in [5, 5.41) is 13.5. The number of carbonyl (C=O) groups excluding carboxylic acids is 2. The van der Waals surface area contributed by atoms with E-state index in [9.17, 15) is 24.1 Å². The van der Waals surface area contributed by atoms with Gasteiger partial charge in [0.05, 0.1) is 4.92 Å². The van der Waals surface area contributed by atoms with Crippen molar-refractivity contribution >= 4 is 23.3 Å². The normalized spacial score (nSPS) is 10.2. The van der Waals surface area contributed by atoms with Crippen molar-refractivity contribution in [2.75, 3.05) is 18.5 Å². The molecule has 1 N–H and O–H groups in total. The van der Waals surface area contributed by atoms with Crippen LogP contribution in [0.5, 0.6) is 5.75 Å². The van der Waals surface area contributed by atoms with Crippen molar-refractivity contribution in [2.45, 2.75) is 13.8 Å². The van der Waals surface area contributed by atoms with Gasteiger partial charge in [0.1, 0.15) is 17.3 Å². The summed E-state index contributed by atoms with van der Waals surface area (Å²) >= 11 is 0. The Morgan fingerprint density at radius 1 is 1.19 bits per heavy atom. The lowest BCUT2D eigenvalue weighted by atomic mass is 10.1. The standard InChI is InChI=1S/C18H17FN2O6/c1-11-6-7-15(21(24)25)18(12(11)2)20-16(22)9-27-17(23)10-26-14-5-3-4-13(19)8-14/h3-8H,9-10H2,1-2H3,(H,20,22). The summed E-state index contributed by atoms with van der Waals surface area (Å²) in [6, 6.07) is 8.06. The Labute approximate surface area is 154 Å². The Morgan fingerprint density at radius 2 is 1.93 bits per heavy atom. The molecule has 9 heteroatoms. The molecule has 0 bridgehead atoms. The second-order valence-electron chi connectivity index (χ2n) is 5.61. The van der Waals surface area contributed by atoms with Crippen LogP contribution in [0.3, 0.4) is 0 Å². The van der Waals surface area contributed by atoms with Gasteiger partial charge in [-0.05, 0) is 37.1 Å². The van der Waals surface area contributed by atoms with Crippen LogP contribution >= 0.6 is 0 Å². The topological polar surface area (TPSA) is 108 Å². The molecule has 0 unspecified atom stereocenters. The number of nitro benzene ring substituents is 1. The number of esters is 1. The molecule has 0 saturated heterocycles. The lowest BCUT2D eigenvalue weighted by Crippen LogP contribution is -2.24. The van der Waals surface area contributed by atoms with Crippen molar-refractivity contribution in [3.05, 3.63) is 63.5 Å². The molecular formula is C18H17FN2O6. The Hall–Kier alpha value is -3.49. The second-order valence-corrected chi connectivity index (χ2v) is 5.61. The molecule has 0 aliphatic carbocycles. The molecule has 0 spiro atoms. The van der Waals surface area contributed by atoms with Crippen molar-refractivity contribution in [1.29, 1.82) is 0 Å². The van der Waals surface area contributed by atoms with Gasteiger partial charge in [-0.3, -0.25) is 14.9 Å². The van der Waals surface area contributed by atoms with Crippen molar-refractivity contribution in [1.82, 2.24) is 0 Å². The fourth-order valence-corrected chi connectivity index (χ4v) is 2.17. The number of nitro groups is 1. The molecule has 1 amide bonds. The molecule has 0 aromatic heterocycles. The lowest BCUT2D eigenvalue weighted by Gasteiger charge is -2.11. The number of nitrogens with one attached hydrogen (secondary N) is 1. The van der Waals surface area contributed by atoms with Crippen LogP contribution in [-0.4, -0.2) is 30.0 Å². The predicted octanol–water partition coefficient (Wildman–Crippen LogP) is 2.91. The third-order valence-corrected chi connectivity index (χ3v) is 3.69. The molecule has 0 aliphatic rings. The van der Waals surface area contributed by atoms with Crippen molar-refractivity contribution in [3.8, 4) is 5.75 Å². The first-order valence-electron chi connectivity index (χ1n) is 7.86. The van der Waals surface area contributed by atoms with E-state index < -0.39 is 35.8 Å². The molecule has 0 aliphatic heterocycles. The number of benzene rings is 2. The third kappa shape index (κ3) is 5.50. The molecule has 2 rings (SSSR count). The Kier molecular flexibility index (Phi) is 6.42. The summed E-state index contributed by atoms with van der Waals surface area (Å²) in [5.41, 5.74) is 1.10. The largest absolute Gasteiger partial charge is 0.482 e. The molecule has 8 nitrogen and oxygen atoms in total. The van der Waals surface area contributed by atoms with Gasteiger partial charge in [-0.2, -0.15) is 0 Å². The number of carbonyl (C=O) groups is 2. The van der Waals surface area contributed by atoms with Crippen LogP contribution in [0.1, 0.15) is 11.1 Å². The number of amides is 1. The highest BCUT2D eigenvalue weighted by Crippen LogP contribution is 2.30. The van der Waals surface area contributed by atoms with Crippen LogP contribution < -0.4 is 10.1 Å². The Bertz CT molecular complexity index is 884. The highest BCUT2D eigenvalue weighted by Gasteiger charge is 2.20. The fourth-order valence-electron chi connectivity index (χ4n) is 2.17. The maximum Gasteiger partial charge on any atom is 0.344 e. The van der Waals surface area contributed by atoms with Gasteiger partial charge >= 0.3 is 5.97 Å². The second kappa shape index (κ2) is 8.75. The van der Waals surface area contributed by atoms with Crippen LogP contribution in [0.4, 0.5) is 15.8 Å².